The first-order valence-electron chi connectivity index (χ1n) is 5.61. The normalized spacial score (nSPS) is 17.3. The Kier molecular flexibility index (Phi) is 14.6. The van der Waals surface area contributed by atoms with Crippen LogP contribution in [0.2, 0.25) is 0 Å². The third-order valence-corrected chi connectivity index (χ3v) is 2.08. The molecule has 0 heterocycles. The number of hydrogen-bond acceptors (Lipinski definition) is 8. The van der Waals surface area contributed by atoms with Gasteiger partial charge in [-0.3, -0.25) is 0 Å². The Morgan fingerprint density at radius 3 is 1.00 bits per heavy atom. The van der Waals surface area contributed by atoms with Gasteiger partial charge in [-0.25, -0.2) is 0 Å². The van der Waals surface area contributed by atoms with Crippen LogP contribution in [-0.4, -0.2) is 91.7 Å². The number of unbranched alkanes of at least 4 members (excludes halogenated alkanes) is 1. The first-order valence-corrected chi connectivity index (χ1v) is 5.61. The van der Waals surface area contributed by atoms with Gasteiger partial charge in [0.05, 0.1) is 13.2 Å². The third kappa shape index (κ3) is 9.68. The van der Waals surface area contributed by atoms with Gasteiger partial charge in [-0.15, -0.1) is 0 Å². The molecule has 0 fully saturated rings. The highest BCUT2D eigenvalue weighted by Crippen LogP contribution is 2.03. The van der Waals surface area contributed by atoms with Crippen LogP contribution in [0.1, 0.15) is 12.8 Å². The first-order chi connectivity index (χ1) is 8.45. The van der Waals surface area contributed by atoms with Gasteiger partial charge in [-0.05, 0) is 12.8 Å². The molecule has 0 aliphatic rings. The summed E-state index contributed by atoms with van der Waals surface area (Å²) in [6, 6.07) is 0. The molecule has 18 heavy (non-hydrogen) atoms. The van der Waals surface area contributed by atoms with E-state index in [1.807, 2.05) is 0 Å². The minimum absolute atomic E-state index is 0.195. The minimum Gasteiger partial charge on any atom is -0.396 e. The van der Waals surface area contributed by atoms with Crippen molar-refractivity contribution in [2.75, 3.05) is 26.4 Å². The van der Waals surface area contributed by atoms with Crippen LogP contribution in [-0.2, 0) is 0 Å². The smallest absolute Gasteiger partial charge is 0.111 e. The Hall–Kier alpha value is -0.320. The van der Waals surface area contributed by atoms with Gasteiger partial charge in [0.1, 0.15) is 24.4 Å². The van der Waals surface area contributed by atoms with Crippen LogP contribution in [0.3, 0.4) is 0 Å². The van der Waals surface area contributed by atoms with E-state index >= 15 is 0 Å². The molecule has 0 radical (unpaired) electrons. The maximum atomic E-state index is 8.96. The van der Waals surface area contributed by atoms with Crippen molar-refractivity contribution in [3.05, 3.63) is 0 Å². The van der Waals surface area contributed by atoms with Gasteiger partial charge < -0.3 is 40.9 Å². The molecule has 4 atom stereocenters. The van der Waals surface area contributed by atoms with Crippen molar-refractivity contribution in [3.8, 4) is 0 Å². The zero-order valence-corrected chi connectivity index (χ0v) is 10.1. The molecule has 0 aliphatic heterocycles. The monoisotopic (exact) mass is 272 g/mol. The second kappa shape index (κ2) is 13.1. The van der Waals surface area contributed by atoms with Gasteiger partial charge in [0.15, 0.2) is 0 Å². The molecule has 112 valence electrons. The van der Waals surface area contributed by atoms with Crippen molar-refractivity contribution < 1.29 is 40.9 Å². The van der Waals surface area contributed by atoms with Crippen LogP contribution in [0.25, 0.3) is 0 Å². The predicted octanol–water partition coefficient (Wildman–Crippen LogP) is -3.83. The van der Waals surface area contributed by atoms with Crippen LogP contribution in [0, 0.1) is 0 Å². The standard InChI is InChI=1S/C6H14O6.C4H10O2/c7-1-3(9)5(11)6(12)4(10)2-8;5-3-1-2-4-6/h3-12H,1-2H2;5-6H,1-4H2/t3-,4+,5-,6-;/m1./s1. The second-order valence-corrected chi connectivity index (χ2v) is 3.64. The molecule has 0 aliphatic carbocycles. The van der Waals surface area contributed by atoms with E-state index < -0.39 is 37.6 Å². The fourth-order valence-corrected chi connectivity index (χ4v) is 0.895. The van der Waals surface area contributed by atoms with Crippen molar-refractivity contribution in [1.82, 2.24) is 0 Å². The summed E-state index contributed by atoms with van der Waals surface area (Å²) in [6.07, 6.45) is -4.95. The second-order valence-electron chi connectivity index (χ2n) is 3.64. The van der Waals surface area contributed by atoms with Gasteiger partial charge >= 0.3 is 0 Å². The lowest BCUT2D eigenvalue weighted by Gasteiger charge is -2.24. The number of hydrogen-bond donors (Lipinski definition) is 8. The summed E-state index contributed by atoms with van der Waals surface area (Å²) >= 11 is 0. The van der Waals surface area contributed by atoms with Crippen molar-refractivity contribution >= 4 is 0 Å². The predicted molar refractivity (Wildman–Crippen MR) is 61.6 cm³/mol. The van der Waals surface area contributed by atoms with E-state index in [0.717, 1.165) is 12.8 Å². The molecule has 0 aromatic carbocycles. The SMILES string of the molecule is OCCCCO.OC[C@@H](O)[C@@H](O)[C@H](O)[C@@H](O)CO. The Balaban J connectivity index is 0. The van der Waals surface area contributed by atoms with Crippen molar-refractivity contribution in [3.63, 3.8) is 0 Å². The highest BCUT2D eigenvalue weighted by Gasteiger charge is 2.29. The molecule has 0 bridgehead atoms. The van der Waals surface area contributed by atoms with Crippen molar-refractivity contribution in [2.24, 2.45) is 0 Å². The van der Waals surface area contributed by atoms with E-state index in [4.69, 9.17) is 40.9 Å². The molecule has 0 amide bonds. The maximum absolute atomic E-state index is 8.96. The molecule has 0 saturated heterocycles. The van der Waals surface area contributed by atoms with E-state index in [1.165, 1.54) is 0 Å². The summed E-state index contributed by atoms with van der Waals surface area (Å²) in [7, 11) is 0. The van der Waals surface area contributed by atoms with Crippen LogP contribution in [0.5, 0.6) is 0 Å². The summed E-state index contributed by atoms with van der Waals surface area (Å²) in [5.74, 6) is 0. The molecule has 0 aromatic heterocycles. The lowest BCUT2D eigenvalue weighted by Crippen LogP contribution is -2.46. The molecule has 8 nitrogen and oxygen atoms in total. The molecular weight excluding hydrogens is 248 g/mol. The molecule has 0 saturated carbocycles. The molecule has 8 N–H and O–H groups in total. The number of aliphatic hydroxyl groups excluding tert-OH is 8. The van der Waals surface area contributed by atoms with E-state index in [1.54, 1.807) is 0 Å². The highest BCUT2D eigenvalue weighted by molar-refractivity contribution is 4.79. The van der Waals surface area contributed by atoms with Crippen molar-refractivity contribution in [2.45, 2.75) is 37.3 Å². The minimum atomic E-state index is -1.67. The lowest BCUT2D eigenvalue weighted by molar-refractivity contribution is -0.123. The Labute approximate surface area is 105 Å². The maximum Gasteiger partial charge on any atom is 0.111 e. The topological polar surface area (TPSA) is 162 Å². The Bertz CT molecular complexity index is 150. The lowest BCUT2D eigenvalue weighted by atomic mass is 10.0. The van der Waals surface area contributed by atoms with Crippen molar-refractivity contribution in [1.29, 1.82) is 0 Å². The Morgan fingerprint density at radius 1 is 0.556 bits per heavy atom. The molecule has 0 spiro atoms. The van der Waals surface area contributed by atoms with Crippen LogP contribution in [0.4, 0.5) is 0 Å². The van der Waals surface area contributed by atoms with Gasteiger partial charge in [0, 0.05) is 13.2 Å². The summed E-state index contributed by atoms with van der Waals surface area (Å²) in [5.41, 5.74) is 0. The van der Waals surface area contributed by atoms with Crippen LogP contribution >= 0.6 is 0 Å². The largest absolute Gasteiger partial charge is 0.396 e. The van der Waals surface area contributed by atoms with Gasteiger partial charge in [0.25, 0.3) is 0 Å². The zero-order valence-electron chi connectivity index (χ0n) is 10.1. The summed E-state index contributed by atoms with van der Waals surface area (Å²) in [4.78, 5) is 0. The van der Waals surface area contributed by atoms with E-state index in [0.29, 0.717) is 0 Å². The molecule has 0 unspecified atom stereocenters. The fraction of sp³-hybridized carbons (Fsp3) is 1.00. The molecular formula is C10H24O8. The average Bonchev–Trinajstić information content (AvgIpc) is 2.42. The summed E-state index contributed by atoms with van der Waals surface area (Å²) in [5, 5.41) is 68.3. The molecule has 0 aromatic rings. The van der Waals surface area contributed by atoms with Gasteiger partial charge in [0.2, 0.25) is 0 Å². The summed E-state index contributed by atoms with van der Waals surface area (Å²) < 4.78 is 0. The van der Waals surface area contributed by atoms with Crippen LogP contribution in [0.15, 0.2) is 0 Å². The number of aliphatic hydroxyl groups is 8. The van der Waals surface area contributed by atoms with Gasteiger partial charge in [-0.2, -0.15) is 0 Å². The zero-order chi connectivity index (χ0) is 14.6. The Morgan fingerprint density at radius 2 is 0.833 bits per heavy atom. The van der Waals surface area contributed by atoms with Crippen LogP contribution < -0.4 is 0 Å². The average molecular weight is 272 g/mol. The van der Waals surface area contributed by atoms with E-state index in [9.17, 15) is 0 Å². The molecule has 0 rings (SSSR count). The fourth-order valence-electron chi connectivity index (χ4n) is 0.895. The van der Waals surface area contributed by atoms with Gasteiger partial charge in [-0.1, -0.05) is 0 Å². The quantitative estimate of drug-likeness (QED) is 0.208. The third-order valence-electron chi connectivity index (χ3n) is 2.08. The van der Waals surface area contributed by atoms with E-state index in [2.05, 4.69) is 0 Å². The molecule has 8 heteroatoms. The first kappa shape index (κ1) is 20.0. The number of rotatable bonds is 8. The highest BCUT2D eigenvalue weighted by atomic mass is 16.4. The summed E-state index contributed by atoms with van der Waals surface area (Å²) in [6.45, 7) is -1.06. The van der Waals surface area contributed by atoms with E-state index in [-0.39, 0.29) is 13.2 Å².